The van der Waals surface area contributed by atoms with Crippen LogP contribution in [0, 0.1) is 11.8 Å². The summed E-state index contributed by atoms with van der Waals surface area (Å²) in [5.74, 6) is 1.74. The van der Waals surface area contributed by atoms with E-state index < -0.39 is 6.10 Å². The molecule has 5 rings (SSSR count). The van der Waals surface area contributed by atoms with Gasteiger partial charge in [-0.05, 0) is 41.7 Å². The van der Waals surface area contributed by atoms with Crippen molar-refractivity contribution >= 4 is 17.5 Å². The smallest absolute Gasteiger partial charge is 0.265 e. The van der Waals surface area contributed by atoms with Crippen LogP contribution in [0.25, 0.3) is 0 Å². The molecule has 1 unspecified atom stereocenters. The number of amides is 2. The summed E-state index contributed by atoms with van der Waals surface area (Å²) >= 11 is 0. The summed E-state index contributed by atoms with van der Waals surface area (Å²) in [6.07, 6.45) is 0.0211. The lowest BCUT2D eigenvalue weighted by Crippen LogP contribution is -2.32. The molecule has 3 aliphatic rings. The van der Waals surface area contributed by atoms with Gasteiger partial charge in [-0.15, -0.1) is 0 Å². The zero-order chi connectivity index (χ0) is 19.1. The van der Waals surface area contributed by atoms with Gasteiger partial charge in [0, 0.05) is 43.9 Å². The molecule has 2 amide bonds. The third kappa shape index (κ3) is 3.14. The fraction of sp³-hybridized carbons (Fsp3) is 0.364. The molecule has 2 saturated heterocycles. The molecular formula is C22H23N3O3. The van der Waals surface area contributed by atoms with Crippen LogP contribution in [0.5, 0.6) is 5.75 Å². The Hall–Kier alpha value is -2.86. The first kappa shape index (κ1) is 17.3. The highest BCUT2D eigenvalue weighted by molar-refractivity contribution is 5.98. The fourth-order valence-corrected chi connectivity index (χ4v) is 4.48. The number of ether oxygens (including phenoxy) is 1. The number of fused-ring (bicyclic) bond motifs is 2. The van der Waals surface area contributed by atoms with Crippen LogP contribution < -0.4 is 15.4 Å². The number of carbonyl (C=O) groups is 2. The Labute approximate surface area is 163 Å². The standard InChI is InChI=1S/C22H23N3O3/c26-21(20-9-14-4-1-2-7-19(14)28-20)24-18-6-3-5-15(8-18)22(27)25-12-16-10-23-11-17(16)13-25/h1-8,16-17,20,23H,9-13H2,(H,24,26)/t16-,17+,20?. The third-order valence-corrected chi connectivity index (χ3v) is 5.99. The molecule has 6 heteroatoms. The summed E-state index contributed by atoms with van der Waals surface area (Å²) in [5.41, 5.74) is 2.28. The van der Waals surface area contributed by atoms with Crippen molar-refractivity contribution in [1.29, 1.82) is 0 Å². The van der Waals surface area contributed by atoms with Crippen LogP contribution in [0.3, 0.4) is 0 Å². The Bertz CT molecular complexity index is 892. The Morgan fingerprint density at radius 1 is 1.04 bits per heavy atom. The maximum absolute atomic E-state index is 12.9. The molecule has 0 spiro atoms. The number of nitrogens with one attached hydrogen (secondary N) is 2. The molecule has 2 aromatic rings. The number of carbonyl (C=O) groups excluding carboxylic acids is 2. The van der Waals surface area contributed by atoms with Gasteiger partial charge in [0.25, 0.3) is 11.8 Å². The van der Waals surface area contributed by atoms with Crippen LogP contribution in [0.4, 0.5) is 5.69 Å². The van der Waals surface area contributed by atoms with E-state index in [1.54, 1.807) is 12.1 Å². The molecule has 2 N–H and O–H groups in total. The Balaban J connectivity index is 1.25. The lowest BCUT2D eigenvalue weighted by atomic mass is 10.0. The van der Waals surface area contributed by atoms with Crippen molar-refractivity contribution in [2.75, 3.05) is 31.5 Å². The van der Waals surface area contributed by atoms with E-state index >= 15 is 0 Å². The van der Waals surface area contributed by atoms with Gasteiger partial charge in [0.1, 0.15) is 5.75 Å². The van der Waals surface area contributed by atoms with Crippen LogP contribution >= 0.6 is 0 Å². The summed E-state index contributed by atoms with van der Waals surface area (Å²) in [6.45, 7) is 3.60. The highest BCUT2D eigenvalue weighted by Crippen LogP contribution is 2.29. The number of nitrogens with zero attached hydrogens (tertiary/aromatic N) is 1. The van der Waals surface area contributed by atoms with Crippen molar-refractivity contribution in [2.45, 2.75) is 12.5 Å². The number of hydrogen-bond acceptors (Lipinski definition) is 4. The molecule has 0 saturated carbocycles. The van der Waals surface area contributed by atoms with Gasteiger partial charge in [-0.25, -0.2) is 0 Å². The number of benzene rings is 2. The van der Waals surface area contributed by atoms with Gasteiger partial charge in [-0.1, -0.05) is 24.3 Å². The molecule has 0 radical (unpaired) electrons. The van der Waals surface area contributed by atoms with Crippen molar-refractivity contribution in [3.8, 4) is 5.75 Å². The fourth-order valence-electron chi connectivity index (χ4n) is 4.48. The molecule has 3 aliphatic heterocycles. The van der Waals surface area contributed by atoms with E-state index in [4.69, 9.17) is 4.74 Å². The summed E-state index contributed by atoms with van der Waals surface area (Å²) in [7, 11) is 0. The van der Waals surface area contributed by atoms with Crippen molar-refractivity contribution < 1.29 is 14.3 Å². The van der Waals surface area contributed by atoms with Crippen molar-refractivity contribution in [1.82, 2.24) is 10.2 Å². The molecule has 144 valence electrons. The van der Waals surface area contributed by atoms with E-state index in [9.17, 15) is 9.59 Å². The highest BCUT2D eigenvalue weighted by atomic mass is 16.5. The number of rotatable bonds is 3. The molecule has 0 aliphatic carbocycles. The molecule has 2 aromatic carbocycles. The zero-order valence-electron chi connectivity index (χ0n) is 15.6. The van der Waals surface area contributed by atoms with Crippen molar-refractivity contribution in [3.05, 3.63) is 59.7 Å². The largest absolute Gasteiger partial charge is 0.480 e. The molecule has 0 aromatic heterocycles. The van der Waals surface area contributed by atoms with Gasteiger partial charge < -0.3 is 20.3 Å². The van der Waals surface area contributed by atoms with E-state index in [0.29, 0.717) is 29.5 Å². The first-order valence-electron chi connectivity index (χ1n) is 9.83. The highest BCUT2D eigenvalue weighted by Gasteiger charge is 2.38. The van der Waals surface area contributed by atoms with Crippen LogP contribution in [-0.4, -0.2) is 49.0 Å². The van der Waals surface area contributed by atoms with Gasteiger partial charge in [-0.2, -0.15) is 0 Å². The normalized spacial score (nSPS) is 25.1. The van der Waals surface area contributed by atoms with Gasteiger partial charge in [0.2, 0.25) is 0 Å². The molecule has 28 heavy (non-hydrogen) atoms. The minimum Gasteiger partial charge on any atom is -0.480 e. The quantitative estimate of drug-likeness (QED) is 0.857. The predicted octanol–water partition coefficient (Wildman–Crippen LogP) is 1.92. The Kier molecular flexibility index (Phi) is 4.28. The average Bonchev–Trinajstić information content (AvgIpc) is 3.41. The molecular weight excluding hydrogens is 354 g/mol. The third-order valence-electron chi connectivity index (χ3n) is 5.99. The van der Waals surface area contributed by atoms with E-state index in [-0.39, 0.29) is 11.8 Å². The first-order valence-corrected chi connectivity index (χ1v) is 9.83. The number of hydrogen-bond donors (Lipinski definition) is 2. The first-order chi connectivity index (χ1) is 13.7. The Morgan fingerprint density at radius 2 is 1.82 bits per heavy atom. The second-order valence-electron chi connectivity index (χ2n) is 7.88. The number of para-hydroxylation sites is 1. The second kappa shape index (κ2) is 6.95. The summed E-state index contributed by atoms with van der Waals surface area (Å²) in [6, 6.07) is 14.9. The van der Waals surface area contributed by atoms with Crippen molar-refractivity contribution in [3.63, 3.8) is 0 Å². The zero-order valence-corrected chi connectivity index (χ0v) is 15.6. The van der Waals surface area contributed by atoms with Gasteiger partial charge >= 0.3 is 0 Å². The van der Waals surface area contributed by atoms with Gasteiger partial charge in [0.15, 0.2) is 6.10 Å². The lowest BCUT2D eigenvalue weighted by molar-refractivity contribution is -0.122. The van der Waals surface area contributed by atoms with E-state index in [1.807, 2.05) is 41.3 Å². The van der Waals surface area contributed by atoms with Crippen LogP contribution in [-0.2, 0) is 11.2 Å². The monoisotopic (exact) mass is 377 g/mol. The number of likely N-dealkylation sites (tertiary alicyclic amines) is 1. The number of anilines is 1. The van der Waals surface area contributed by atoms with E-state index in [1.165, 1.54) is 0 Å². The van der Waals surface area contributed by atoms with Crippen LogP contribution in [0.2, 0.25) is 0 Å². The van der Waals surface area contributed by atoms with Crippen LogP contribution in [0.15, 0.2) is 48.5 Å². The average molecular weight is 377 g/mol. The maximum atomic E-state index is 12.9. The van der Waals surface area contributed by atoms with Crippen LogP contribution in [0.1, 0.15) is 15.9 Å². The Morgan fingerprint density at radius 3 is 2.61 bits per heavy atom. The lowest BCUT2D eigenvalue weighted by Gasteiger charge is -2.18. The predicted molar refractivity (Wildman–Crippen MR) is 105 cm³/mol. The summed E-state index contributed by atoms with van der Waals surface area (Å²) in [4.78, 5) is 27.4. The van der Waals surface area contributed by atoms with Gasteiger partial charge in [-0.3, -0.25) is 9.59 Å². The summed E-state index contributed by atoms with van der Waals surface area (Å²) < 4.78 is 5.75. The molecule has 3 atom stereocenters. The second-order valence-corrected chi connectivity index (χ2v) is 7.88. The van der Waals surface area contributed by atoms with E-state index in [2.05, 4.69) is 10.6 Å². The SMILES string of the molecule is O=C(Nc1cccc(C(=O)N2C[C@H]3CNC[C@H]3C2)c1)C1Cc2ccccc2O1. The van der Waals surface area contributed by atoms with Crippen molar-refractivity contribution in [2.24, 2.45) is 11.8 Å². The minimum atomic E-state index is -0.540. The molecule has 0 bridgehead atoms. The molecule has 2 fully saturated rings. The molecule has 6 nitrogen and oxygen atoms in total. The molecule has 3 heterocycles. The maximum Gasteiger partial charge on any atom is 0.265 e. The topological polar surface area (TPSA) is 70.7 Å². The van der Waals surface area contributed by atoms with Gasteiger partial charge in [0.05, 0.1) is 0 Å². The van der Waals surface area contributed by atoms with E-state index in [0.717, 1.165) is 37.5 Å². The minimum absolute atomic E-state index is 0.0371. The summed E-state index contributed by atoms with van der Waals surface area (Å²) in [5, 5.41) is 6.29.